The number of hydrogen-bond donors (Lipinski definition) is 1. The second-order valence-corrected chi connectivity index (χ2v) is 5.95. The zero-order valence-electron chi connectivity index (χ0n) is 12.5. The minimum atomic E-state index is -0.301. The van der Waals surface area contributed by atoms with Gasteiger partial charge >= 0.3 is 5.97 Å². The first-order valence-corrected chi connectivity index (χ1v) is 7.80. The zero-order chi connectivity index (χ0) is 14.7. The van der Waals surface area contributed by atoms with Gasteiger partial charge in [-0.15, -0.1) is 0 Å². The Balaban J connectivity index is 1.72. The Morgan fingerprint density at radius 2 is 2.33 bits per heavy atom. The molecule has 114 valence electrons. The lowest BCUT2D eigenvalue weighted by atomic mass is 9.90. The molecule has 2 aliphatic rings. The molecule has 0 bridgehead atoms. The van der Waals surface area contributed by atoms with Gasteiger partial charge in [-0.25, -0.2) is 9.78 Å². The second-order valence-electron chi connectivity index (χ2n) is 5.95. The molecular formula is C16H23N3O2. The predicted octanol–water partition coefficient (Wildman–Crippen LogP) is 1.84. The summed E-state index contributed by atoms with van der Waals surface area (Å²) in [5.41, 5.74) is 0.573. The number of methoxy groups -OCH3 is 1. The van der Waals surface area contributed by atoms with Crippen molar-refractivity contribution >= 4 is 11.8 Å². The van der Waals surface area contributed by atoms with Crippen LogP contribution < -0.4 is 10.2 Å². The Hall–Kier alpha value is -1.62. The van der Waals surface area contributed by atoms with E-state index >= 15 is 0 Å². The molecular weight excluding hydrogens is 266 g/mol. The van der Waals surface area contributed by atoms with E-state index < -0.39 is 0 Å². The number of anilines is 1. The highest BCUT2D eigenvalue weighted by Crippen LogP contribution is 2.27. The Morgan fingerprint density at radius 3 is 3.10 bits per heavy atom. The molecule has 5 heteroatoms. The van der Waals surface area contributed by atoms with Gasteiger partial charge in [0.05, 0.1) is 12.7 Å². The van der Waals surface area contributed by atoms with Gasteiger partial charge < -0.3 is 15.0 Å². The van der Waals surface area contributed by atoms with Gasteiger partial charge in [0.2, 0.25) is 0 Å². The van der Waals surface area contributed by atoms with Gasteiger partial charge in [-0.05, 0) is 50.3 Å². The lowest BCUT2D eigenvalue weighted by Gasteiger charge is -2.36. The van der Waals surface area contributed by atoms with Gasteiger partial charge in [0.15, 0.2) is 0 Å². The Morgan fingerprint density at radius 1 is 1.43 bits per heavy atom. The van der Waals surface area contributed by atoms with Crippen molar-refractivity contribution in [1.29, 1.82) is 0 Å². The number of nitrogens with one attached hydrogen (secondary N) is 1. The molecule has 5 nitrogen and oxygen atoms in total. The molecule has 3 heterocycles. The topological polar surface area (TPSA) is 54.5 Å². The number of nitrogens with zero attached hydrogens (tertiary/aromatic N) is 2. The van der Waals surface area contributed by atoms with Gasteiger partial charge in [-0.1, -0.05) is 0 Å². The SMILES string of the molecule is COC(=O)c1ccnc(N2CCCC(C3CCCN3)C2)c1. The van der Waals surface area contributed by atoms with Gasteiger partial charge in [0.25, 0.3) is 0 Å². The van der Waals surface area contributed by atoms with Crippen LogP contribution in [0.1, 0.15) is 36.0 Å². The van der Waals surface area contributed by atoms with Crippen molar-refractivity contribution in [2.45, 2.75) is 31.7 Å². The quantitative estimate of drug-likeness (QED) is 0.861. The molecule has 0 amide bonds. The maximum atomic E-state index is 11.6. The smallest absolute Gasteiger partial charge is 0.338 e. The van der Waals surface area contributed by atoms with E-state index in [-0.39, 0.29) is 5.97 Å². The van der Waals surface area contributed by atoms with E-state index in [1.807, 2.05) is 6.07 Å². The van der Waals surface area contributed by atoms with Crippen molar-refractivity contribution in [3.8, 4) is 0 Å². The van der Waals surface area contributed by atoms with Crippen LogP contribution in [0.2, 0.25) is 0 Å². The van der Waals surface area contributed by atoms with E-state index in [9.17, 15) is 4.79 Å². The van der Waals surface area contributed by atoms with Gasteiger partial charge in [-0.3, -0.25) is 0 Å². The van der Waals surface area contributed by atoms with Crippen LogP contribution in [0.5, 0.6) is 0 Å². The third-order valence-corrected chi connectivity index (χ3v) is 4.62. The van der Waals surface area contributed by atoms with Gasteiger partial charge in [0, 0.05) is 25.3 Å². The maximum Gasteiger partial charge on any atom is 0.338 e. The van der Waals surface area contributed by atoms with Crippen LogP contribution in [0.15, 0.2) is 18.3 Å². The Labute approximate surface area is 125 Å². The molecule has 2 fully saturated rings. The van der Waals surface area contributed by atoms with E-state index in [2.05, 4.69) is 15.2 Å². The number of piperidine rings is 1. The van der Waals surface area contributed by atoms with Crippen LogP contribution in [0, 0.1) is 5.92 Å². The van der Waals surface area contributed by atoms with Crippen molar-refractivity contribution in [2.24, 2.45) is 5.92 Å². The molecule has 0 aromatic carbocycles. The van der Waals surface area contributed by atoms with E-state index in [1.54, 1.807) is 12.3 Å². The summed E-state index contributed by atoms with van der Waals surface area (Å²) < 4.78 is 4.79. The minimum absolute atomic E-state index is 0.301. The third-order valence-electron chi connectivity index (χ3n) is 4.62. The highest BCUT2D eigenvalue weighted by atomic mass is 16.5. The maximum absolute atomic E-state index is 11.6. The van der Waals surface area contributed by atoms with Crippen molar-refractivity contribution in [2.75, 3.05) is 31.6 Å². The lowest BCUT2D eigenvalue weighted by molar-refractivity contribution is 0.0600. The fraction of sp³-hybridized carbons (Fsp3) is 0.625. The molecule has 1 aromatic heterocycles. The zero-order valence-corrected chi connectivity index (χ0v) is 12.5. The molecule has 2 unspecified atom stereocenters. The summed E-state index contributed by atoms with van der Waals surface area (Å²) in [5, 5.41) is 3.62. The number of pyridine rings is 1. The molecule has 3 rings (SSSR count). The molecule has 1 N–H and O–H groups in total. The predicted molar refractivity (Wildman–Crippen MR) is 81.5 cm³/mol. The fourth-order valence-corrected chi connectivity index (χ4v) is 3.50. The van der Waals surface area contributed by atoms with Crippen molar-refractivity contribution in [3.05, 3.63) is 23.9 Å². The van der Waals surface area contributed by atoms with Crippen LogP contribution in [-0.4, -0.2) is 43.7 Å². The number of hydrogen-bond acceptors (Lipinski definition) is 5. The van der Waals surface area contributed by atoms with Gasteiger partial charge in [0.1, 0.15) is 5.82 Å². The Bertz CT molecular complexity index is 500. The number of carbonyl (C=O) groups excluding carboxylic acids is 1. The number of carbonyl (C=O) groups is 1. The summed E-state index contributed by atoms with van der Waals surface area (Å²) in [6.07, 6.45) is 6.74. The second kappa shape index (κ2) is 6.43. The van der Waals surface area contributed by atoms with E-state index in [0.717, 1.165) is 25.5 Å². The number of rotatable bonds is 3. The van der Waals surface area contributed by atoms with Crippen LogP contribution in [-0.2, 0) is 4.74 Å². The number of esters is 1. The van der Waals surface area contributed by atoms with Crippen molar-refractivity contribution in [3.63, 3.8) is 0 Å². The average Bonchev–Trinajstić information content (AvgIpc) is 3.09. The molecule has 1 aromatic rings. The summed E-state index contributed by atoms with van der Waals surface area (Å²) in [4.78, 5) is 18.4. The van der Waals surface area contributed by atoms with Crippen LogP contribution in [0.25, 0.3) is 0 Å². The summed E-state index contributed by atoms with van der Waals surface area (Å²) in [5.74, 6) is 1.27. The molecule has 0 aliphatic carbocycles. The number of aromatic nitrogens is 1. The summed E-state index contributed by atoms with van der Waals surface area (Å²) in [6.45, 7) is 3.19. The first-order chi connectivity index (χ1) is 10.3. The van der Waals surface area contributed by atoms with Gasteiger partial charge in [-0.2, -0.15) is 0 Å². The molecule has 2 atom stereocenters. The third kappa shape index (κ3) is 3.18. The molecule has 0 spiro atoms. The standard InChI is InChI=1S/C16H23N3O2/c1-21-16(20)12-6-8-18-15(10-12)19-9-3-4-13(11-19)14-5-2-7-17-14/h6,8,10,13-14,17H,2-5,7,9,11H2,1H3. The van der Waals surface area contributed by atoms with Crippen molar-refractivity contribution < 1.29 is 9.53 Å². The fourth-order valence-electron chi connectivity index (χ4n) is 3.50. The van der Waals surface area contributed by atoms with Crippen LogP contribution in [0.4, 0.5) is 5.82 Å². The highest BCUT2D eigenvalue weighted by molar-refractivity contribution is 5.90. The molecule has 21 heavy (non-hydrogen) atoms. The molecule has 2 aliphatic heterocycles. The van der Waals surface area contributed by atoms with Crippen LogP contribution >= 0.6 is 0 Å². The van der Waals surface area contributed by atoms with Crippen molar-refractivity contribution in [1.82, 2.24) is 10.3 Å². The highest BCUT2D eigenvalue weighted by Gasteiger charge is 2.29. The van der Waals surface area contributed by atoms with E-state index in [4.69, 9.17) is 4.74 Å². The number of ether oxygens (including phenoxy) is 1. The summed E-state index contributed by atoms with van der Waals surface area (Å²) >= 11 is 0. The minimum Gasteiger partial charge on any atom is -0.465 e. The van der Waals surface area contributed by atoms with E-state index in [0.29, 0.717) is 17.5 Å². The summed E-state index contributed by atoms with van der Waals surface area (Å²) in [7, 11) is 1.41. The molecule has 2 saturated heterocycles. The van der Waals surface area contributed by atoms with E-state index in [1.165, 1.54) is 32.8 Å². The normalized spacial score (nSPS) is 25.9. The molecule has 0 saturated carbocycles. The summed E-state index contributed by atoms with van der Waals surface area (Å²) in [6, 6.07) is 4.20. The lowest BCUT2D eigenvalue weighted by Crippen LogP contribution is -2.43. The average molecular weight is 289 g/mol. The monoisotopic (exact) mass is 289 g/mol. The van der Waals surface area contributed by atoms with Crippen LogP contribution in [0.3, 0.4) is 0 Å². The Kier molecular flexibility index (Phi) is 4.39. The molecule has 0 radical (unpaired) electrons. The first-order valence-electron chi connectivity index (χ1n) is 7.80. The first kappa shape index (κ1) is 14.3. The largest absolute Gasteiger partial charge is 0.465 e.